The smallest absolute Gasteiger partial charge is 0.252 e. The number of benzene rings is 1. The summed E-state index contributed by atoms with van der Waals surface area (Å²) in [6, 6.07) is 5.89. The first-order valence-corrected chi connectivity index (χ1v) is 6.28. The number of aliphatic hydroxyl groups excluding tert-OH is 1. The summed E-state index contributed by atoms with van der Waals surface area (Å²) in [5, 5.41) is 12.1. The van der Waals surface area contributed by atoms with Gasteiger partial charge in [0.25, 0.3) is 5.91 Å². The Bertz CT molecular complexity index is 459. The highest BCUT2D eigenvalue weighted by Gasteiger charge is 2.21. The maximum Gasteiger partial charge on any atom is 0.252 e. The molecule has 0 aromatic heterocycles. The molecule has 0 saturated heterocycles. The summed E-state index contributed by atoms with van der Waals surface area (Å²) < 4.78 is 0. The third kappa shape index (κ3) is 2.62. The van der Waals surface area contributed by atoms with E-state index in [1.54, 1.807) is 0 Å². The van der Waals surface area contributed by atoms with Crippen molar-refractivity contribution in [3.05, 3.63) is 47.0 Å². The summed E-state index contributed by atoms with van der Waals surface area (Å²) in [6.07, 6.45) is 4.72. The number of amides is 1. The Morgan fingerprint density at radius 3 is 2.56 bits per heavy atom. The number of nitrogens with one attached hydrogen (secondary N) is 1. The van der Waals surface area contributed by atoms with Crippen molar-refractivity contribution in [2.45, 2.75) is 26.3 Å². The van der Waals surface area contributed by atoms with Crippen LogP contribution in [0.5, 0.6) is 0 Å². The largest absolute Gasteiger partial charge is 0.396 e. The molecule has 0 spiro atoms. The van der Waals surface area contributed by atoms with E-state index >= 15 is 0 Å². The fraction of sp³-hybridized carbons (Fsp3) is 0.400. The minimum Gasteiger partial charge on any atom is -0.396 e. The van der Waals surface area contributed by atoms with Crippen LogP contribution < -0.4 is 5.32 Å². The van der Waals surface area contributed by atoms with Gasteiger partial charge in [0.2, 0.25) is 0 Å². The van der Waals surface area contributed by atoms with Crippen molar-refractivity contribution in [2.75, 3.05) is 6.61 Å². The fourth-order valence-corrected chi connectivity index (χ4v) is 2.43. The number of aliphatic hydroxyl groups is 1. The second kappa shape index (κ2) is 5.36. The minimum absolute atomic E-state index is 0.0289. The molecule has 1 aliphatic rings. The number of hydrogen-bond acceptors (Lipinski definition) is 2. The van der Waals surface area contributed by atoms with Gasteiger partial charge in [-0.15, -0.1) is 0 Å². The summed E-state index contributed by atoms with van der Waals surface area (Å²) in [4.78, 5) is 12.2. The molecule has 2 rings (SSSR count). The molecule has 0 radical (unpaired) electrons. The van der Waals surface area contributed by atoms with Gasteiger partial charge < -0.3 is 10.4 Å². The van der Waals surface area contributed by atoms with E-state index in [1.165, 1.54) is 0 Å². The van der Waals surface area contributed by atoms with Crippen molar-refractivity contribution in [1.82, 2.24) is 5.32 Å². The normalized spacial score (nSPS) is 22.2. The van der Waals surface area contributed by atoms with Crippen LogP contribution in [0, 0.1) is 19.8 Å². The quantitative estimate of drug-likeness (QED) is 0.800. The van der Waals surface area contributed by atoms with E-state index in [0.29, 0.717) is 0 Å². The number of carbonyl (C=O) groups is 1. The van der Waals surface area contributed by atoms with Crippen molar-refractivity contribution >= 4 is 5.91 Å². The molecule has 2 atom stereocenters. The number of carbonyl (C=O) groups excluding carboxylic acids is 1. The first-order chi connectivity index (χ1) is 8.61. The average Bonchev–Trinajstić information content (AvgIpc) is 2.76. The third-order valence-electron chi connectivity index (χ3n) is 3.43. The molecular formula is C15H19NO2. The van der Waals surface area contributed by atoms with Gasteiger partial charge in [-0.3, -0.25) is 4.79 Å². The van der Waals surface area contributed by atoms with Crippen LogP contribution in [0.15, 0.2) is 30.4 Å². The van der Waals surface area contributed by atoms with Gasteiger partial charge in [0.1, 0.15) is 0 Å². The van der Waals surface area contributed by atoms with Gasteiger partial charge in [0, 0.05) is 24.1 Å². The molecule has 0 bridgehead atoms. The van der Waals surface area contributed by atoms with Gasteiger partial charge in [-0.2, -0.15) is 0 Å². The average molecular weight is 245 g/mol. The molecule has 0 unspecified atom stereocenters. The lowest BCUT2D eigenvalue weighted by atomic mass is 10.0. The lowest BCUT2D eigenvalue weighted by Crippen LogP contribution is -2.33. The van der Waals surface area contributed by atoms with Crippen molar-refractivity contribution in [1.29, 1.82) is 0 Å². The van der Waals surface area contributed by atoms with E-state index in [2.05, 4.69) is 5.32 Å². The van der Waals surface area contributed by atoms with E-state index in [4.69, 9.17) is 5.11 Å². The molecule has 96 valence electrons. The van der Waals surface area contributed by atoms with E-state index in [0.717, 1.165) is 23.1 Å². The van der Waals surface area contributed by atoms with Gasteiger partial charge >= 0.3 is 0 Å². The van der Waals surface area contributed by atoms with Gasteiger partial charge in [-0.05, 0) is 31.4 Å². The Morgan fingerprint density at radius 2 is 2.00 bits per heavy atom. The van der Waals surface area contributed by atoms with Crippen molar-refractivity contribution < 1.29 is 9.90 Å². The summed E-state index contributed by atoms with van der Waals surface area (Å²) in [7, 11) is 0. The van der Waals surface area contributed by atoms with E-state index in [9.17, 15) is 4.79 Å². The van der Waals surface area contributed by atoms with Gasteiger partial charge in [-0.1, -0.05) is 30.4 Å². The molecule has 1 aromatic rings. The highest BCUT2D eigenvalue weighted by Crippen LogP contribution is 2.19. The number of aryl methyl sites for hydroxylation is 2. The zero-order valence-electron chi connectivity index (χ0n) is 10.8. The number of rotatable bonds is 3. The Kier molecular flexibility index (Phi) is 3.82. The lowest BCUT2D eigenvalue weighted by Gasteiger charge is -2.15. The fourth-order valence-electron chi connectivity index (χ4n) is 2.43. The van der Waals surface area contributed by atoms with Gasteiger partial charge in [-0.25, -0.2) is 0 Å². The SMILES string of the molecule is Cc1cccc(C)c1C(=O)N[C@@H]1C=C[C@H](CO)C1. The van der Waals surface area contributed by atoms with Crippen LogP contribution in [-0.2, 0) is 0 Å². The van der Waals surface area contributed by atoms with E-state index in [-0.39, 0.29) is 24.5 Å². The first kappa shape index (κ1) is 12.8. The second-order valence-electron chi connectivity index (χ2n) is 4.91. The molecule has 3 heteroatoms. The predicted molar refractivity (Wildman–Crippen MR) is 71.5 cm³/mol. The molecule has 0 heterocycles. The van der Waals surface area contributed by atoms with Crippen LogP contribution in [0.25, 0.3) is 0 Å². The van der Waals surface area contributed by atoms with Crippen molar-refractivity contribution in [2.24, 2.45) is 5.92 Å². The molecule has 2 N–H and O–H groups in total. The van der Waals surface area contributed by atoms with Crippen LogP contribution in [0.3, 0.4) is 0 Å². The molecule has 1 aromatic carbocycles. The van der Waals surface area contributed by atoms with Crippen LogP contribution in [0.4, 0.5) is 0 Å². The van der Waals surface area contributed by atoms with Gasteiger partial charge in [0.05, 0.1) is 0 Å². The molecule has 0 aliphatic heterocycles. The Morgan fingerprint density at radius 1 is 1.33 bits per heavy atom. The van der Waals surface area contributed by atoms with Crippen LogP contribution in [0.1, 0.15) is 27.9 Å². The molecule has 0 saturated carbocycles. The molecule has 1 aliphatic carbocycles. The van der Waals surface area contributed by atoms with Gasteiger partial charge in [0.15, 0.2) is 0 Å². The standard InChI is InChI=1S/C15H19NO2/c1-10-4-3-5-11(2)14(10)15(18)16-13-7-6-12(8-13)9-17/h3-7,12-13,17H,8-9H2,1-2H3,(H,16,18)/t12-,13+/m0/s1. The topological polar surface area (TPSA) is 49.3 Å². The molecule has 0 fully saturated rings. The zero-order valence-corrected chi connectivity index (χ0v) is 10.8. The summed E-state index contributed by atoms with van der Waals surface area (Å²) >= 11 is 0. The summed E-state index contributed by atoms with van der Waals surface area (Å²) in [5.41, 5.74) is 2.75. The summed E-state index contributed by atoms with van der Waals surface area (Å²) in [6.45, 7) is 4.04. The van der Waals surface area contributed by atoms with Crippen molar-refractivity contribution in [3.63, 3.8) is 0 Å². The Balaban J connectivity index is 2.07. The van der Waals surface area contributed by atoms with Crippen LogP contribution in [0.2, 0.25) is 0 Å². The highest BCUT2D eigenvalue weighted by molar-refractivity contribution is 5.97. The van der Waals surface area contributed by atoms with Crippen molar-refractivity contribution in [3.8, 4) is 0 Å². The highest BCUT2D eigenvalue weighted by atomic mass is 16.3. The molecule has 3 nitrogen and oxygen atoms in total. The predicted octanol–water partition coefficient (Wildman–Crippen LogP) is 1.97. The second-order valence-corrected chi connectivity index (χ2v) is 4.91. The van der Waals surface area contributed by atoms with E-state index < -0.39 is 0 Å². The summed E-state index contributed by atoms with van der Waals surface area (Å²) in [5.74, 6) is 0.145. The van der Waals surface area contributed by atoms with Crippen LogP contribution in [-0.4, -0.2) is 23.7 Å². The molecule has 18 heavy (non-hydrogen) atoms. The van der Waals surface area contributed by atoms with E-state index in [1.807, 2.05) is 44.2 Å². The molecular weight excluding hydrogens is 226 g/mol. The Labute approximate surface area is 108 Å². The van der Waals surface area contributed by atoms with Crippen LogP contribution >= 0.6 is 0 Å². The zero-order chi connectivity index (χ0) is 13.1. The minimum atomic E-state index is -0.0289. The molecule has 1 amide bonds. The monoisotopic (exact) mass is 245 g/mol. The number of hydrogen-bond donors (Lipinski definition) is 2. The third-order valence-corrected chi connectivity index (χ3v) is 3.43. The first-order valence-electron chi connectivity index (χ1n) is 6.28. The maximum atomic E-state index is 12.2. The Hall–Kier alpha value is -1.61. The lowest BCUT2D eigenvalue weighted by molar-refractivity contribution is 0.0940. The maximum absolute atomic E-state index is 12.2.